The van der Waals surface area contributed by atoms with Crippen molar-refractivity contribution in [2.75, 3.05) is 25.5 Å². The van der Waals surface area contributed by atoms with Gasteiger partial charge in [-0.15, -0.1) is 0 Å². The normalized spacial score (nSPS) is 14.3. The smallest absolute Gasteiger partial charge is 0.274 e. The standard InChI is InChI=1S/C23H25N5O3/c1-15-13-18(31-2)3-4-19(15)25-22(29)17-7-11-28(12-8-17)23(30)21-14-20(26-27-21)16-5-9-24-10-6-16/h3-6,9-10,13-14,17H,7-8,11-12H2,1-2H3,(H,25,29)(H,26,27). The number of anilines is 1. The van der Waals surface area contributed by atoms with Gasteiger partial charge >= 0.3 is 0 Å². The monoisotopic (exact) mass is 419 g/mol. The molecule has 0 bridgehead atoms. The molecule has 0 spiro atoms. The van der Waals surface area contributed by atoms with Crippen molar-refractivity contribution in [1.82, 2.24) is 20.1 Å². The zero-order valence-corrected chi connectivity index (χ0v) is 17.6. The van der Waals surface area contributed by atoms with Crippen molar-refractivity contribution in [2.45, 2.75) is 19.8 Å². The van der Waals surface area contributed by atoms with Gasteiger partial charge in [-0.3, -0.25) is 19.7 Å². The number of aromatic amines is 1. The molecule has 1 aliphatic rings. The summed E-state index contributed by atoms with van der Waals surface area (Å²) in [6.07, 6.45) is 4.63. The molecule has 2 N–H and O–H groups in total. The second-order valence-electron chi connectivity index (χ2n) is 7.64. The number of nitrogens with zero attached hydrogens (tertiary/aromatic N) is 3. The lowest BCUT2D eigenvalue weighted by molar-refractivity contribution is -0.121. The molecule has 8 heteroatoms. The maximum Gasteiger partial charge on any atom is 0.274 e. The van der Waals surface area contributed by atoms with Gasteiger partial charge in [-0.05, 0) is 61.7 Å². The molecular formula is C23H25N5O3. The zero-order chi connectivity index (χ0) is 21.8. The number of rotatable bonds is 5. The van der Waals surface area contributed by atoms with Crippen LogP contribution in [0.4, 0.5) is 5.69 Å². The number of benzene rings is 1. The number of hydrogen-bond donors (Lipinski definition) is 2. The predicted octanol–water partition coefficient (Wildman–Crippen LogP) is 3.28. The highest BCUT2D eigenvalue weighted by Gasteiger charge is 2.29. The number of H-pyrrole nitrogens is 1. The fourth-order valence-corrected chi connectivity index (χ4v) is 3.76. The van der Waals surface area contributed by atoms with Gasteiger partial charge in [0.15, 0.2) is 5.69 Å². The van der Waals surface area contributed by atoms with Crippen LogP contribution in [0.25, 0.3) is 11.3 Å². The van der Waals surface area contributed by atoms with Gasteiger partial charge in [-0.25, -0.2) is 0 Å². The molecule has 3 heterocycles. The molecule has 8 nitrogen and oxygen atoms in total. The fourth-order valence-electron chi connectivity index (χ4n) is 3.76. The Kier molecular flexibility index (Phi) is 5.97. The van der Waals surface area contributed by atoms with E-state index in [4.69, 9.17) is 4.74 Å². The third-order valence-electron chi connectivity index (χ3n) is 5.63. The van der Waals surface area contributed by atoms with Gasteiger partial charge in [-0.2, -0.15) is 5.10 Å². The number of pyridine rings is 1. The number of ether oxygens (including phenoxy) is 1. The lowest BCUT2D eigenvalue weighted by atomic mass is 9.95. The van der Waals surface area contributed by atoms with Crippen molar-refractivity contribution < 1.29 is 14.3 Å². The Labute approximate surface area is 180 Å². The second-order valence-corrected chi connectivity index (χ2v) is 7.64. The highest BCUT2D eigenvalue weighted by Crippen LogP contribution is 2.25. The Bertz CT molecular complexity index is 1070. The molecule has 0 unspecified atom stereocenters. The average Bonchev–Trinajstić information content (AvgIpc) is 3.31. The molecule has 0 aliphatic carbocycles. The summed E-state index contributed by atoms with van der Waals surface area (Å²) in [6.45, 7) is 2.98. The maximum absolute atomic E-state index is 12.8. The predicted molar refractivity (Wildman–Crippen MR) is 117 cm³/mol. The Hall–Kier alpha value is -3.68. The van der Waals surface area contributed by atoms with E-state index in [9.17, 15) is 9.59 Å². The molecule has 2 amide bonds. The number of nitrogens with one attached hydrogen (secondary N) is 2. The summed E-state index contributed by atoms with van der Waals surface area (Å²) < 4.78 is 5.21. The van der Waals surface area contributed by atoms with Gasteiger partial charge in [0.05, 0.1) is 12.8 Å². The SMILES string of the molecule is COc1ccc(NC(=O)C2CCN(C(=O)c3cc(-c4ccncc4)[nH]n3)CC2)c(C)c1. The lowest BCUT2D eigenvalue weighted by Gasteiger charge is -2.31. The average molecular weight is 419 g/mol. The van der Waals surface area contributed by atoms with E-state index in [1.165, 1.54) is 0 Å². The van der Waals surface area contributed by atoms with E-state index >= 15 is 0 Å². The summed E-state index contributed by atoms with van der Waals surface area (Å²) in [7, 11) is 1.62. The number of carbonyl (C=O) groups excluding carboxylic acids is 2. The highest BCUT2D eigenvalue weighted by molar-refractivity contribution is 5.95. The van der Waals surface area contributed by atoms with Gasteiger partial charge in [-0.1, -0.05) is 0 Å². The minimum absolute atomic E-state index is 0.0138. The Balaban J connectivity index is 1.33. The van der Waals surface area contributed by atoms with Crippen LogP contribution in [0, 0.1) is 12.8 Å². The van der Waals surface area contributed by atoms with Crippen molar-refractivity contribution in [2.24, 2.45) is 5.92 Å². The molecule has 31 heavy (non-hydrogen) atoms. The van der Waals surface area contributed by atoms with Crippen LogP contribution in [0.3, 0.4) is 0 Å². The first kappa shape index (κ1) is 20.6. The van der Waals surface area contributed by atoms with Crippen LogP contribution in [0.2, 0.25) is 0 Å². The molecule has 160 valence electrons. The van der Waals surface area contributed by atoms with E-state index in [0.717, 1.165) is 28.3 Å². The van der Waals surface area contributed by atoms with Crippen molar-refractivity contribution in [3.8, 4) is 17.0 Å². The van der Waals surface area contributed by atoms with E-state index in [1.54, 1.807) is 30.5 Å². The third kappa shape index (κ3) is 4.58. The molecule has 2 aromatic heterocycles. The van der Waals surface area contributed by atoms with Crippen LogP contribution < -0.4 is 10.1 Å². The summed E-state index contributed by atoms with van der Waals surface area (Å²) in [6, 6.07) is 11.0. The van der Waals surface area contributed by atoms with Crippen LogP contribution in [0.1, 0.15) is 28.9 Å². The number of amides is 2. The van der Waals surface area contributed by atoms with E-state index in [2.05, 4.69) is 20.5 Å². The van der Waals surface area contributed by atoms with Crippen LogP contribution in [0.15, 0.2) is 48.8 Å². The molecule has 4 rings (SSSR count). The molecule has 0 atom stereocenters. The fraction of sp³-hybridized carbons (Fsp3) is 0.304. The largest absolute Gasteiger partial charge is 0.497 e. The molecular weight excluding hydrogens is 394 g/mol. The van der Waals surface area contributed by atoms with Crippen molar-refractivity contribution in [3.05, 3.63) is 60.0 Å². The molecule has 1 saturated heterocycles. The molecule has 0 radical (unpaired) electrons. The molecule has 0 saturated carbocycles. The van der Waals surface area contributed by atoms with E-state index < -0.39 is 0 Å². The van der Waals surface area contributed by atoms with Gasteiger partial charge in [0.25, 0.3) is 5.91 Å². The first-order valence-electron chi connectivity index (χ1n) is 10.3. The maximum atomic E-state index is 12.8. The number of aromatic nitrogens is 3. The van der Waals surface area contributed by atoms with Gasteiger partial charge in [0, 0.05) is 42.7 Å². The Morgan fingerprint density at radius 3 is 2.55 bits per heavy atom. The number of likely N-dealkylation sites (tertiary alicyclic amines) is 1. The summed E-state index contributed by atoms with van der Waals surface area (Å²) in [5.41, 5.74) is 3.80. The lowest BCUT2D eigenvalue weighted by Crippen LogP contribution is -2.41. The third-order valence-corrected chi connectivity index (χ3v) is 5.63. The van der Waals surface area contributed by atoms with E-state index in [1.807, 2.05) is 37.3 Å². The zero-order valence-electron chi connectivity index (χ0n) is 17.6. The number of hydrogen-bond acceptors (Lipinski definition) is 5. The van der Waals surface area contributed by atoms with Crippen molar-refractivity contribution >= 4 is 17.5 Å². The van der Waals surface area contributed by atoms with Crippen LogP contribution in [-0.2, 0) is 4.79 Å². The summed E-state index contributed by atoms with van der Waals surface area (Å²) in [4.78, 5) is 31.3. The van der Waals surface area contributed by atoms with Gasteiger partial charge in [0.2, 0.25) is 5.91 Å². The van der Waals surface area contributed by atoms with Crippen LogP contribution in [0.5, 0.6) is 5.75 Å². The molecule has 1 aliphatic heterocycles. The van der Waals surface area contributed by atoms with Crippen LogP contribution >= 0.6 is 0 Å². The van der Waals surface area contributed by atoms with E-state index in [0.29, 0.717) is 31.6 Å². The van der Waals surface area contributed by atoms with Crippen molar-refractivity contribution in [3.63, 3.8) is 0 Å². The Morgan fingerprint density at radius 1 is 1.13 bits per heavy atom. The number of methoxy groups -OCH3 is 1. The Morgan fingerprint density at radius 2 is 1.87 bits per heavy atom. The minimum Gasteiger partial charge on any atom is -0.497 e. The number of carbonyl (C=O) groups is 2. The molecule has 3 aromatic rings. The summed E-state index contributed by atoms with van der Waals surface area (Å²) in [5, 5.41) is 10.1. The second kappa shape index (κ2) is 8.99. The number of piperidine rings is 1. The molecule has 1 fully saturated rings. The van der Waals surface area contributed by atoms with Gasteiger partial charge in [0.1, 0.15) is 5.75 Å². The van der Waals surface area contributed by atoms with E-state index in [-0.39, 0.29) is 17.7 Å². The van der Waals surface area contributed by atoms with Gasteiger partial charge < -0.3 is 15.0 Å². The minimum atomic E-state index is -0.128. The first-order chi connectivity index (χ1) is 15.0. The summed E-state index contributed by atoms with van der Waals surface area (Å²) in [5.74, 6) is 0.492. The number of aryl methyl sites for hydroxylation is 1. The topological polar surface area (TPSA) is 100 Å². The quantitative estimate of drug-likeness (QED) is 0.661. The molecule has 1 aromatic carbocycles. The van der Waals surface area contributed by atoms with Crippen molar-refractivity contribution in [1.29, 1.82) is 0 Å². The van der Waals surface area contributed by atoms with Crippen LogP contribution in [-0.4, -0.2) is 52.1 Å². The highest BCUT2D eigenvalue weighted by atomic mass is 16.5. The summed E-state index contributed by atoms with van der Waals surface area (Å²) >= 11 is 0. The first-order valence-corrected chi connectivity index (χ1v) is 10.3.